The van der Waals surface area contributed by atoms with Gasteiger partial charge in [-0.15, -0.1) is 0 Å². The van der Waals surface area contributed by atoms with Gasteiger partial charge >= 0.3 is 0 Å². The van der Waals surface area contributed by atoms with E-state index in [2.05, 4.69) is 13.8 Å². The average Bonchev–Trinajstić information content (AvgIpc) is 2.42. The standard InChI is InChI=1S/C17H33FO3/c1-13(2)7-6-10-20-11-12-21-15(5)16(18)8-9-17(19)14(3)4/h13-16H,6-12H2,1-5H3. The minimum Gasteiger partial charge on any atom is -0.379 e. The number of carbonyl (C=O) groups is 1. The Morgan fingerprint density at radius 3 is 2.24 bits per heavy atom. The Morgan fingerprint density at radius 1 is 1.00 bits per heavy atom. The molecule has 3 nitrogen and oxygen atoms in total. The summed E-state index contributed by atoms with van der Waals surface area (Å²) < 4.78 is 24.7. The molecule has 0 aromatic carbocycles. The highest BCUT2D eigenvalue weighted by Gasteiger charge is 2.19. The Labute approximate surface area is 129 Å². The van der Waals surface area contributed by atoms with Crippen molar-refractivity contribution in [2.75, 3.05) is 19.8 Å². The van der Waals surface area contributed by atoms with E-state index in [1.165, 1.54) is 0 Å². The lowest BCUT2D eigenvalue weighted by Crippen LogP contribution is -2.25. The summed E-state index contributed by atoms with van der Waals surface area (Å²) in [5.74, 6) is 0.789. The maximum atomic E-state index is 13.8. The van der Waals surface area contributed by atoms with Gasteiger partial charge in [-0.3, -0.25) is 4.79 Å². The van der Waals surface area contributed by atoms with Gasteiger partial charge < -0.3 is 9.47 Å². The minimum atomic E-state index is -1.09. The first-order valence-electron chi connectivity index (χ1n) is 8.20. The lowest BCUT2D eigenvalue weighted by Gasteiger charge is -2.17. The van der Waals surface area contributed by atoms with Crippen molar-refractivity contribution < 1.29 is 18.7 Å². The molecule has 0 rings (SSSR count). The summed E-state index contributed by atoms with van der Waals surface area (Å²) in [6, 6.07) is 0. The molecule has 0 bridgehead atoms. The van der Waals surface area contributed by atoms with Gasteiger partial charge in [0.2, 0.25) is 0 Å². The zero-order valence-corrected chi connectivity index (χ0v) is 14.4. The van der Waals surface area contributed by atoms with Crippen molar-refractivity contribution in [2.45, 2.75) is 72.6 Å². The highest BCUT2D eigenvalue weighted by Crippen LogP contribution is 2.13. The summed E-state index contributed by atoms with van der Waals surface area (Å²) in [5.41, 5.74) is 0. The first kappa shape index (κ1) is 20.5. The third kappa shape index (κ3) is 11.8. The Balaban J connectivity index is 3.55. The molecule has 0 aromatic rings. The molecular formula is C17H33FO3. The highest BCUT2D eigenvalue weighted by atomic mass is 19.1. The van der Waals surface area contributed by atoms with Crippen LogP contribution in [0.4, 0.5) is 4.39 Å². The van der Waals surface area contributed by atoms with Crippen LogP contribution in [-0.2, 0) is 14.3 Å². The summed E-state index contributed by atoms with van der Waals surface area (Å²) in [4.78, 5) is 11.5. The number of hydrogen-bond donors (Lipinski definition) is 0. The largest absolute Gasteiger partial charge is 0.379 e. The number of halogens is 1. The zero-order valence-electron chi connectivity index (χ0n) is 14.4. The fourth-order valence-corrected chi connectivity index (χ4v) is 1.90. The molecule has 0 amide bonds. The van der Waals surface area contributed by atoms with E-state index in [1.54, 1.807) is 6.92 Å². The number of alkyl halides is 1. The van der Waals surface area contributed by atoms with Gasteiger partial charge in [0, 0.05) is 18.9 Å². The quantitative estimate of drug-likeness (QED) is 0.479. The van der Waals surface area contributed by atoms with Crippen molar-refractivity contribution in [3.8, 4) is 0 Å². The first-order valence-corrected chi connectivity index (χ1v) is 8.20. The van der Waals surface area contributed by atoms with Crippen molar-refractivity contribution in [3.63, 3.8) is 0 Å². The molecule has 0 heterocycles. The maximum absolute atomic E-state index is 13.8. The van der Waals surface area contributed by atoms with Crippen LogP contribution in [0, 0.1) is 11.8 Å². The molecule has 0 radical (unpaired) electrons. The van der Waals surface area contributed by atoms with E-state index < -0.39 is 12.3 Å². The van der Waals surface area contributed by atoms with Crippen molar-refractivity contribution in [3.05, 3.63) is 0 Å². The van der Waals surface area contributed by atoms with E-state index in [0.29, 0.717) is 19.1 Å². The van der Waals surface area contributed by atoms with E-state index in [9.17, 15) is 9.18 Å². The Kier molecular flexibility index (Phi) is 11.8. The fraction of sp³-hybridized carbons (Fsp3) is 0.941. The summed E-state index contributed by atoms with van der Waals surface area (Å²) in [6.07, 6.45) is 1.17. The molecule has 21 heavy (non-hydrogen) atoms. The van der Waals surface area contributed by atoms with Gasteiger partial charge in [0.15, 0.2) is 0 Å². The molecule has 4 heteroatoms. The van der Waals surface area contributed by atoms with Gasteiger partial charge in [-0.1, -0.05) is 27.7 Å². The van der Waals surface area contributed by atoms with Crippen molar-refractivity contribution in [1.82, 2.24) is 0 Å². The predicted octanol–water partition coefficient (Wildman–Crippen LogP) is 4.19. The second kappa shape index (κ2) is 12.1. The molecule has 0 saturated heterocycles. The average molecular weight is 304 g/mol. The second-order valence-corrected chi connectivity index (χ2v) is 6.40. The second-order valence-electron chi connectivity index (χ2n) is 6.40. The zero-order chi connectivity index (χ0) is 16.3. The summed E-state index contributed by atoms with van der Waals surface area (Å²) in [6.45, 7) is 11.4. The molecule has 0 aliphatic carbocycles. The molecule has 2 unspecified atom stereocenters. The molecule has 0 fully saturated rings. The number of rotatable bonds is 13. The van der Waals surface area contributed by atoms with Crippen LogP contribution in [0.25, 0.3) is 0 Å². The monoisotopic (exact) mass is 304 g/mol. The van der Waals surface area contributed by atoms with Crippen LogP contribution in [0.5, 0.6) is 0 Å². The van der Waals surface area contributed by atoms with E-state index in [0.717, 1.165) is 19.4 Å². The van der Waals surface area contributed by atoms with Crippen LogP contribution in [0.1, 0.15) is 60.3 Å². The van der Waals surface area contributed by atoms with Crippen molar-refractivity contribution in [1.29, 1.82) is 0 Å². The van der Waals surface area contributed by atoms with Crippen molar-refractivity contribution in [2.24, 2.45) is 11.8 Å². The number of ketones is 1. The third-order valence-electron chi connectivity index (χ3n) is 3.50. The Bertz CT molecular complexity index is 267. The molecule has 0 aliphatic rings. The van der Waals surface area contributed by atoms with E-state index in [4.69, 9.17) is 9.47 Å². The van der Waals surface area contributed by atoms with Crippen molar-refractivity contribution >= 4 is 5.78 Å². The molecule has 0 aliphatic heterocycles. The van der Waals surface area contributed by atoms with Gasteiger partial charge in [0.1, 0.15) is 12.0 Å². The van der Waals surface area contributed by atoms with E-state index in [1.807, 2.05) is 13.8 Å². The predicted molar refractivity (Wildman–Crippen MR) is 84.3 cm³/mol. The molecule has 0 N–H and O–H groups in total. The smallest absolute Gasteiger partial charge is 0.135 e. The minimum absolute atomic E-state index is 0.0207. The van der Waals surface area contributed by atoms with Crippen LogP contribution < -0.4 is 0 Å². The summed E-state index contributed by atoms with van der Waals surface area (Å²) >= 11 is 0. The molecule has 0 spiro atoms. The lowest BCUT2D eigenvalue weighted by molar-refractivity contribution is -0.122. The van der Waals surface area contributed by atoms with Crippen LogP contribution in [0.15, 0.2) is 0 Å². The normalized spacial score (nSPS) is 14.7. The Hall–Kier alpha value is -0.480. The summed E-state index contributed by atoms with van der Waals surface area (Å²) in [5, 5.41) is 0. The number of Topliss-reactive ketones (excluding diaryl/α,β-unsaturated/α-hetero) is 1. The van der Waals surface area contributed by atoms with Gasteiger partial charge in [-0.2, -0.15) is 0 Å². The first-order chi connectivity index (χ1) is 9.84. The number of ether oxygens (including phenoxy) is 2. The fourth-order valence-electron chi connectivity index (χ4n) is 1.90. The lowest BCUT2D eigenvalue weighted by atomic mass is 10.0. The van der Waals surface area contributed by atoms with Gasteiger partial charge in [0.05, 0.1) is 19.3 Å². The SMILES string of the molecule is CC(C)CCCOCCOC(C)C(F)CCC(=O)C(C)C. The number of carbonyl (C=O) groups excluding carboxylic acids is 1. The Morgan fingerprint density at radius 2 is 1.67 bits per heavy atom. The number of hydrogen-bond acceptors (Lipinski definition) is 3. The van der Waals surface area contributed by atoms with Crippen LogP contribution in [0.3, 0.4) is 0 Å². The van der Waals surface area contributed by atoms with Gasteiger partial charge in [0.25, 0.3) is 0 Å². The molecule has 0 aromatic heterocycles. The molecular weight excluding hydrogens is 271 g/mol. The third-order valence-corrected chi connectivity index (χ3v) is 3.50. The van der Waals surface area contributed by atoms with E-state index >= 15 is 0 Å². The molecule has 0 saturated carbocycles. The topological polar surface area (TPSA) is 35.5 Å². The molecule has 126 valence electrons. The van der Waals surface area contributed by atoms with Crippen LogP contribution >= 0.6 is 0 Å². The highest BCUT2D eigenvalue weighted by molar-refractivity contribution is 5.80. The van der Waals surface area contributed by atoms with Crippen LogP contribution in [-0.4, -0.2) is 37.9 Å². The van der Waals surface area contributed by atoms with Gasteiger partial charge in [-0.25, -0.2) is 4.39 Å². The van der Waals surface area contributed by atoms with Crippen LogP contribution in [0.2, 0.25) is 0 Å². The van der Waals surface area contributed by atoms with Gasteiger partial charge in [-0.05, 0) is 32.1 Å². The van der Waals surface area contributed by atoms with E-state index in [-0.39, 0.29) is 24.5 Å². The molecule has 2 atom stereocenters. The summed E-state index contributed by atoms with van der Waals surface area (Å²) in [7, 11) is 0. The maximum Gasteiger partial charge on any atom is 0.135 e.